The lowest BCUT2D eigenvalue weighted by molar-refractivity contribution is -0.134. The number of alkyl halides is 1. The van der Waals surface area contributed by atoms with Crippen molar-refractivity contribution in [3.8, 4) is 0 Å². The van der Waals surface area contributed by atoms with Crippen molar-refractivity contribution in [2.45, 2.75) is 6.04 Å². The molecule has 0 fully saturated rings. The summed E-state index contributed by atoms with van der Waals surface area (Å²) < 4.78 is 15.9. The van der Waals surface area contributed by atoms with E-state index in [1.807, 2.05) is 0 Å². The molecule has 0 aromatic rings. The summed E-state index contributed by atoms with van der Waals surface area (Å²) in [6, 6.07) is -0.709. The molecule has 3 nitrogen and oxygen atoms in total. The fraction of sp³-hybridized carbons (Fsp3) is 0.500. The SMILES string of the molecule is COC(=O)C=C[C@H](N)CF. The van der Waals surface area contributed by atoms with Crippen molar-refractivity contribution in [1.82, 2.24) is 0 Å². The van der Waals surface area contributed by atoms with Crippen LogP contribution in [0.5, 0.6) is 0 Å². The Labute approximate surface area is 58.7 Å². The van der Waals surface area contributed by atoms with Gasteiger partial charge in [-0.1, -0.05) is 6.08 Å². The second-order valence-electron chi connectivity index (χ2n) is 1.70. The van der Waals surface area contributed by atoms with E-state index in [9.17, 15) is 9.18 Å². The van der Waals surface area contributed by atoms with Gasteiger partial charge >= 0.3 is 5.97 Å². The molecule has 0 aliphatic heterocycles. The normalized spacial score (nSPS) is 13.5. The minimum atomic E-state index is -0.709. The topological polar surface area (TPSA) is 52.3 Å². The largest absolute Gasteiger partial charge is 0.466 e. The summed E-state index contributed by atoms with van der Waals surface area (Å²) >= 11 is 0. The van der Waals surface area contributed by atoms with Crippen LogP contribution in [0.2, 0.25) is 0 Å². The molecule has 0 amide bonds. The van der Waals surface area contributed by atoms with E-state index < -0.39 is 18.7 Å². The molecule has 1 atom stereocenters. The second-order valence-corrected chi connectivity index (χ2v) is 1.70. The molecule has 0 radical (unpaired) electrons. The van der Waals surface area contributed by atoms with Crippen molar-refractivity contribution in [3.05, 3.63) is 12.2 Å². The van der Waals surface area contributed by atoms with E-state index >= 15 is 0 Å². The Balaban J connectivity index is 3.63. The molecule has 0 rings (SSSR count). The number of rotatable bonds is 3. The minimum Gasteiger partial charge on any atom is -0.466 e. The molecule has 0 spiro atoms. The monoisotopic (exact) mass is 147 g/mol. The van der Waals surface area contributed by atoms with E-state index in [2.05, 4.69) is 4.74 Å². The molecule has 0 saturated carbocycles. The molecule has 58 valence electrons. The van der Waals surface area contributed by atoms with Gasteiger partial charge in [0.15, 0.2) is 0 Å². The Morgan fingerprint density at radius 3 is 2.90 bits per heavy atom. The van der Waals surface area contributed by atoms with Crippen molar-refractivity contribution in [3.63, 3.8) is 0 Å². The molecule has 0 saturated heterocycles. The van der Waals surface area contributed by atoms with Gasteiger partial charge in [-0.15, -0.1) is 0 Å². The molecule has 0 aliphatic carbocycles. The molecule has 0 bridgehead atoms. The number of carbonyl (C=O) groups excluding carboxylic acids is 1. The van der Waals surface area contributed by atoms with E-state index in [1.54, 1.807) is 0 Å². The third-order valence-corrected chi connectivity index (χ3v) is 0.859. The van der Waals surface area contributed by atoms with Crippen LogP contribution in [-0.4, -0.2) is 25.8 Å². The summed E-state index contributed by atoms with van der Waals surface area (Å²) in [5, 5.41) is 0. The lowest BCUT2D eigenvalue weighted by atomic mass is 10.3. The Bertz CT molecular complexity index is 136. The van der Waals surface area contributed by atoms with E-state index in [4.69, 9.17) is 5.73 Å². The second kappa shape index (κ2) is 4.93. The minimum absolute atomic E-state index is 0.524. The zero-order valence-corrected chi connectivity index (χ0v) is 5.71. The van der Waals surface area contributed by atoms with E-state index in [0.717, 1.165) is 6.08 Å². The zero-order valence-electron chi connectivity index (χ0n) is 5.71. The highest BCUT2D eigenvalue weighted by Crippen LogP contribution is 1.84. The van der Waals surface area contributed by atoms with Crippen LogP contribution in [0.3, 0.4) is 0 Å². The summed E-state index contributed by atoms with van der Waals surface area (Å²) in [5.74, 6) is -0.524. The maximum atomic E-state index is 11.6. The van der Waals surface area contributed by atoms with Gasteiger partial charge in [0.1, 0.15) is 6.67 Å². The Morgan fingerprint density at radius 1 is 1.90 bits per heavy atom. The number of ether oxygens (including phenoxy) is 1. The van der Waals surface area contributed by atoms with Crippen LogP contribution in [0.1, 0.15) is 0 Å². The van der Waals surface area contributed by atoms with Crippen LogP contribution in [0, 0.1) is 0 Å². The van der Waals surface area contributed by atoms with E-state index in [-0.39, 0.29) is 0 Å². The lowest BCUT2D eigenvalue weighted by Crippen LogP contribution is -2.19. The summed E-state index contributed by atoms with van der Waals surface area (Å²) in [4.78, 5) is 10.3. The van der Waals surface area contributed by atoms with Gasteiger partial charge in [-0.25, -0.2) is 9.18 Å². The predicted molar refractivity (Wildman–Crippen MR) is 35.1 cm³/mol. The highest BCUT2D eigenvalue weighted by Gasteiger charge is 1.96. The Kier molecular flexibility index (Phi) is 4.49. The third kappa shape index (κ3) is 4.03. The number of hydrogen-bond donors (Lipinski definition) is 1. The smallest absolute Gasteiger partial charge is 0.330 e. The van der Waals surface area contributed by atoms with Gasteiger partial charge in [0.05, 0.1) is 13.2 Å². The van der Waals surface area contributed by atoms with E-state index in [0.29, 0.717) is 0 Å². The zero-order chi connectivity index (χ0) is 7.98. The first-order chi connectivity index (χ1) is 4.70. The number of hydrogen-bond acceptors (Lipinski definition) is 3. The van der Waals surface area contributed by atoms with Crippen LogP contribution in [0.4, 0.5) is 4.39 Å². The first kappa shape index (κ1) is 9.10. The summed E-state index contributed by atoms with van der Waals surface area (Å²) in [6.07, 6.45) is 2.36. The highest BCUT2D eigenvalue weighted by molar-refractivity contribution is 5.81. The van der Waals surface area contributed by atoms with Crippen LogP contribution in [0.15, 0.2) is 12.2 Å². The van der Waals surface area contributed by atoms with Crippen LogP contribution >= 0.6 is 0 Å². The van der Waals surface area contributed by atoms with Crippen molar-refractivity contribution in [2.24, 2.45) is 5.73 Å². The maximum absolute atomic E-state index is 11.6. The van der Waals surface area contributed by atoms with Crippen molar-refractivity contribution < 1.29 is 13.9 Å². The fourth-order valence-electron chi connectivity index (χ4n) is 0.322. The summed E-state index contributed by atoms with van der Waals surface area (Å²) in [7, 11) is 1.24. The lowest BCUT2D eigenvalue weighted by Gasteiger charge is -1.96. The summed E-state index contributed by atoms with van der Waals surface area (Å²) in [5.41, 5.74) is 5.11. The number of nitrogens with two attached hydrogens (primary N) is 1. The molecule has 0 unspecified atom stereocenters. The Morgan fingerprint density at radius 2 is 2.50 bits per heavy atom. The number of esters is 1. The molecule has 4 heteroatoms. The van der Waals surface area contributed by atoms with E-state index in [1.165, 1.54) is 13.2 Å². The third-order valence-electron chi connectivity index (χ3n) is 0.859. The molecule has 0 aromatic carbocycles. The molecular formula is C6H10FNO2. The summed E-state index contributed by atoms with van der Waals surface area (Å²) in [6.45, 7) is -0.673. The first-order valence-corrected chi connectivity index (χ1v) is 2.78. The highest BCUT2D eigenvalue weighted by atomic mass is 19.1. The number of carbonyl (C=O) groups is 1. The fourth-order valence-corrected chi connectivity index (χ4v) is 0.322. The molecule has 0 aliphatic rings. The maximum Gasteiger partial charge on any atom is 0.330 e. The molecule has 10 heavy (non-hydrogen) atoms. The van der Waals surface area contributed by atoms with Gasteiger partial charge in [0, 0.05) is 6.08 Å². The standard InChI is InChI=1S/C6H10FNO2/c1-10-6(9)3-2-5(8)4-7/h2-3,5H,4,8H2,1H3/t5-/m0/s1. The van der Waals surface area contributed by atoms with Gasteiger partial charge in [-0.2, -0.15) is 0 Å². The van der Waals surface area contributed by atoms with Crippen molar-refractivity contribution >= 4 is 5.97 Å². The molecular weight excluding hydrogens is 137 g/mol. The average Bonchev–Trinajstić information content (AvgIpc) is 1.99. The number of halogens is 1. The van der Waals surface area contributed by atoms with Crippen LogP contribution in [0.25, 0.3) is 0 Å². The van der Waals surface area contributed by atoms with Crippen molar-refractivity contribution in [1.29, 1.82) is 0 Å². The van der Waals surface area contributed by atoms with Gasteiger partial charge < -0.3 is 10.5 Å². The van der Waals surface area contributed by atoms with Crippen molar-refractivity contribution in [2.75, 3.05) is 13.8 Å². The van der Waals surface area contributed by atoms with Gasteiger partial charge in [-0.05, 0) is 0 Å². The van der Waals surface area contributed by atoms with Gasteiger partial charge in [0.25, 0.3) is 0 Å². The van der Waals surface area contributed by atoms with Crippen LogP contribution < -0.4 is 5.73 Å². The average molecular weight is 147 g/mol. The molecule has 2 N–H and O–H groups in total. The quantitative estimate of drug-likeness (QED) is 0.452. The predicted octanol–water partition coefficient (Wildman–Crippen LogP) is 0.0124. The Hall–Kier alpha value is -0.900. The molecule has 0 heterocycles. The van der Waals surface area contributed by atoms with Gasteiger partial charge in [-0.3, -0.25) is 0 Å². The molecule has 0 aromatic heterocycles. The first-order valence-electron chi connectivity index (χ1n) is 2.78. The van der Waals surface area contributed by atoms with Gasteiger partial charge in [0.2, 0.25) is 0 Å². The van der Waals surface area contributed by atoms with Crippen LogP contribution in [-0.2, 0) is 9.53 Å². The number of methoxy groups -OCH3 is 1.